The molecule has 1 saturated carbocycles. The number of hydrogen-bond donors (Lipinski definition) is 0. The van der Waals surface area contributed by atoms with Crippen molar-refractivity contribution in [3.8, 4) is 23.1 Å². The summed E-state index contributed by atoms with van der Waals surface area (Å²) in [6, 6.07) is 6.76. The molecule has 6 atom stereocenters. The van der Waals surface area contributed by atoms with Crippen LogP contribution in [0.15, 0.2) is 49.2 Å². The topological polar surface area (TPSA) is 259 Å². The summed E-state index contributed by atoms with van der Waals surface area (Å²) in [6.07, 6.45) is 2.42. The molecule has 1 aliphatic heterocycles. The van der Waals surface area contributed by atoms with Crippen molar-refractivity contribution in [3.05, 3.63) is 64.9 Å². The minimum atomic E-state index is -1.77. The molecule has 1 aliphatic carbocycles. The molecule has 3 aromatic heterocycles. The maximum Gasteiger partial charge on any atom is 0.339 e. The third-order valence-corrected chi connectivity index (χ3v) is 10.2. The maximum atomic E-state index is 14.1. The van der Waals surface area contributed by atoms with Crippen LogP contribution in [0.2, 0.25) is 0 Å². The molecule has 21 heteroatoms. The average molecular weight is 831 g/mol. The number of ether oxygens (including phenoxy) is 6. The van der Waals surface area contributed by atoms with Crippen molar-refractivity contribution in [1.29, 1.82) is 5.26 Å². The highest BCUT2D eigenvalue weighted by Gasteiger charge is 2.56. The Hall–Kier alpha value is -6.95. The molecule has 2 aliphatic rings. The van der Waals surface area contributed by atoms with Crippen molar-refractivity contribution in [1.82, 2.24) is 29.2 Å². The number of non-ortho nitro benzene ring substituents is 1. The van der Waals surface area contributed by atoms with E-state index in [0.717, 1.165) is 65.7 Å². The van der Waals surface area contributed by atoms with Gasteiger partial charge in [0, 0.05) is 68.9 Å². The lowest BCUT2D eigenvalue weighted by atomic mass is 9.96. The Morgan fingerprint density at radius 3 is 2.35 bits per heavy atom. The number of methoxy groups -OCH3 is 1. The van der Waals surface area contributed by atoms with E-state index in [1.807, 2.05) is 10.9 Å². The number of carbonyl (C=O) groups excluding carboxylic acids is 5. The highest BCUT2D eigenvalue weighted by Crippen LogP contribution is 2.38. The first-order valence-corrected chi connectivity index (χ1v) is 18.9. The van der Waals surface area contributed by atoms with Crippen LogP contribution in [0.3, 0.4) is 0 Å². The average Bonchev–Trinajstić information content (AvgIpc) is 4.01. The standard InChI is InChI=1S/C39H42N8O13/c1-21(48)56-32-33(57-22(2)49)35(58-23(3)50)38(60-34(32)37(51)55-5)59-30-11-10-27(47(53)54)16-25(30)18-44(4)39(52)45-15-13-28-31(41-20-42-36(28)45)26-17-43-46(19-26)29(12-14-40)24-8-6-7-9-24/h10-11,13,15-17,19-20,24,29,32-35,38H,6-9,12,18H2,1-5H3/t29?,32-,33-,34-,35+,38+/m0/s1. The fourth-order valence-corrected chi connectivity index (χ4v) is 7.61. The predicted octanol–water partition coefficient (Wildman–Crippen LogP) is 4.02. The molecule has 2 fully saturated rings. The van der Waals surface area contributed by atoms with Gasteiger partial charge < -0.3 is 33.3 Å². The molecule has 0 spiro atoms. The number of nitrogens with zero attached hydrogens (tertiary/aromatic N) is 8. The molecule has 0 N–H and O–H groups in total. The van der Waals surface area contributed by atoms with Crippen molar-refractivity contribution in [2.45, 2.75) is 96.2 Å². The number of esters is 4. The van der Waals surface area contributed by atoms with Gasteiger partial charge in [0.25, 0.3) is 5.69 Å². The molecule has 4 aromatic rings. The second-order valence-corrected chi connectivity index (χ2v) is 14.3. The number of benzene rings is 1. The van der Waals surface area contributed by atoms with Gasteiger partial charge in [0.2, 0.25) is 12.4 Å². The van der Waals surface area contributed by atoms with Gasteiger partial charge in [0.1, 0.15) is 12.1 Å². The smallest absolute Gasteiger partial charge is 0.339 e. The van der Waals surface area contributed by atoms with Gasteiger partial charge in [-0.15, -0.1) is 0 Å². The Kier molecular flexibility index (Phi) is 13.0. The van der Waals surface area contributed by atoms with Crippen molar-refractivity contribution < 1.29 is 57.3 Å². The fourth-order valence-electron chi connectivity index (χ4n) is 7.61. The summed E-state index contributed by atoms with van der Waals surface area (Å²) in [5.41, 5.74) is 1.15. The molecule has 1 saturated heterocycles. The quantitative estimate of drug-likeness (QED) is 0.0797. The molecule has 6 rings (SSSR count). The molecule has 4 heterocycles. The SMILES string of the molecule is COC(=O)[C@H]1O[C@@H](Oc2ccc([N+](=O)[O-])cc2CN(C)C(=O)n2ccc3c(-c4cnn(C(CC#N)C5CCCC5)c4)ncnc32)[C@H](OC(C)=O)[C@@H](OC(C)=O)[C@@H]1OC(C)=O. The zero-order chi connectivity index (χ0) is 43.2. The number of amides is 1. The van der Waals surface area contributed by atoms with E-state index in [4.69, 9.17) is 28.4 Å². The summed E-state index contributed by atoms with van der Waals surface area (Å²) in [7, 11) is 2.47. The minimum absolute atomic E-state index is 0.0689. The fraction of sp³-hybridized carbons (Fsp3) is 0.462. The van der Waals surface area contributed by atoms with Gasteiger partial charge in [-0.25, -0.2) is 19.6 Å². The predicted molar refractivity (Wildman–Crippen MR) is 203 cm³/mol. The maximum absolute atomic E-state index is 14.1. The van der Waals surface area contributed by atoms with Crippen LogP contribution in [0, 0.1) is 27.4 Å². The Morgan fingerprint density at radius 2 is 1.70 bits per heavy atom. The second-order valence-electron chi connectivity index (χ2n) is 14.3. The summed E-state index contributed by atoms with van der Waals surface area (Å²) in [5.74, 6) is -3.53. The molecule has 316 valence electrons. The second kappa shape index (κ2) is 18.3. The first kappa shape index (κ1) is 42.7. The van der Waals surface area contributed by atoms with E-state index in [2.05, 4.69) is 21.1 Å². The number of nitriles is 1. The van der Waals surface area contributed by atoms with Crippen LogP contribution < -0.4 is 4.74 Å². The van der Waals surface area contributed by atoms with Crippen molar-refractivity contribution >= 4 is 46.6 Å². The van der Waals surface area contributed by atoms with Crippen LogP contribution in [0.25, 0.3) is 22.3 Å². The van der Waals surface area contributed by atoms with Gasteiger partial charge in [-0.2, -0.15) is 10.4 Å². The zero-order valence-electron chi connectivity index (χ0n) is 33.3. The lowest BCUT2D eigenvalue weighted by Gasteiger charge is -2.43. The number of nitro benzene ring substituents is 1. The number of fused-ring (bicyclic) bond motifs is 1. The lowest BCUT2D eigenvalue weighted by Crippen LogP contribution is -2.64. The molecule has 0 bridgehead atoms. The molecule has 0 radical (unpaired) electrons. The number of nitro groups is 1. The van der Waals surface area contributed by atoms with Crippen molar-refractivity contribution in [3.63, 3.8) is 0 Å². The summed E-state index contributed by atoms with van der Waals surface area (Å²) in [6.45, 7) is 2.81. The van der Waals surface area contributed by atoms with Crippen LogP contribution >= 0.6 is 0 Å². The van der Waals surface area contributed by atoms with Crippen LogP contribution in [-0.4, -0.2) is 109 Å². The summed E-state index contributed by atoms with van der Waals surface area (Å²) >= 11 is 0. The first-order valence-electron chi connectivity index (χ1n) is 18.9. The molecular formula is C39H42N8O13. The number of carbonyl (C=O) groups is 5. The summed E-state index contributed by atoms with van der Waals surface area (Å²) < 4.78 is 36.1. The highest BCUT2D eigenvalue weighted by molar-refractivity contribution is 5.96. The highest BCUT2D eigenvalue weighted by atomic mass is 16.7. The minimum Gasteiger partial charge on any atom is -0.467 e. The monoisotopic (exact) mass is 830 g/mol. The van der Waals surface area contributed by atoms with E-state index < -0.39 is 65.5 Å². The van der Waals surface area contributed by atoms with Crippen molar-refractivity contribution in [2.24, 2.45) is 5.92 Å². The van der Waals surface area contributed by atoms with E-state index in [1.54, 1.807) is 12.3 Å². The Morgan fingerprint density at radius 1 is 1.02 bits per heavy atom. The van der Waals surface area contributed by atoms with E-state index in [-0.39, 0.29) is 35.2 Å². The van der Waals surface area contributed by atoms with Gasteiger partial charge >= 0.3 is 29.9 Å². The molecule has 1 amide bonds. The summed E-state index contributed by atoms with van der Waals surface area (Å²) in [4.78, 5) is 85.1. The molecule has 21 nitrogen and oxygen atoms in total. The van der Waals surface area contributed by atoms with E-state index >= 15 is 0 Å². The van der Waals surface area contributed by atoms with Gasteiger partial charge in [0.05, 0.1) is 49.0 Å². The molecule has 1 aromatic carbocycles. The van der Waals surface area contributed by atoms with E-state index in [0.29, 0.717) is 29.0 Å². The largest absolute Gasteiger partial charge is 0.467 e. The molecule has 1 unspecified atom stereocenters. The number of rotatable bonds is 13. The van der Waals surface area contributed by atoms with Crippen LogP contribution in [-0.2, 0) is 49.4 Å². The zero-order valence-corrected chi connectivity index (χ0v) is 33.3. The number of aromatic nitrogens is 5. The van der Waals surface area contributed by atoms with Gasteiger partial charge in [-0.3, -0.25) is 33.7 Å². The molecule has 60 heavy (non-hydrogen) atoms. The molecular weight excluding hydrogens is 788 g/mol. The van der Waals surface area contributed by atoms with E-state index in [9.17, 15) is 39.3 Å². The van der Waals surface area contributed by atoms with Gasteiger partial charge in [0.15, 0.2) is 24.0 Å². The Bertz CT molecular complexity index is 2330. The lowest BCUT2D eigenvalue weighted by molar-refractivity contribution is -0.385. The third kappa shape index (κ3) is 9.18. The van der Waals surface area contributed by atoms with Crippen molar-refractivity contribution in [2.75, 3.05) is 14.2 Å². The Labute approximate surface area is 342 Å². The van der Waals surface area contributed by atoms with E-state index in [1.165, 1.54) is 35.1 Å². The van der Waals surface area contributed by atoms with Crippen LogP contribution in [0.5, 0.6) is 5.75 Å². The van der Waals surface area contributed by atoms with Gasteiger partial charge in [-0.05, 0) is 30.9 Å². The summed E-state index contributed by atoms with van der Waals surface area (Å²) in [5, 5.41) is 26.6. The normalized spacial score (nSPS) is 20.7. The third-order valence-electron chi connectivity index (χ3n) is 10.2. The Balaban J connectivity index is 1.30. The van der Waals surface area contributed by atoms with Gasteiger partial charge in [-0.1, -0.05) is 12.8 Å². The van der Waals surface area contributed by atoms with Crippen LogP contribution in [0.1, 0.15) is 64.5 Å². The first-order chi connectivity index (χ1) is 28.7. The number of hydrogen-bond acceptors (Lipinski definition) is 17. The van der Waals surface area contributed by atoms with Crippen LogP contribution in [0.4, 0.5) is 10.5 Å².